The Morgan fingerprint density at radius 2 is 1.81 bits per heavy atom. The predicted molar refractivity (Wildman–Crippen MR) is 99.7 cm³/mol. The van der Waals surface area contributed by atoms with Gasteiger partial charge in [-0.1, -0.05) is 18.2 Å². The first kappa shape index (κ1) is 17.9. The van der Waals surface area contributed by atoms with E-state index in [1.54, 1.807) is 4.90 Å². The summed E-state index contributed by atoms with van der Waals surface area (Å²) in [6.07, 6.45) is 0. The van der Waals surface area contributed by atoms with E-state index in [-0.39, 0.29) is 28.9 Å². The fourth-order valence-corrected chi connectivity index (χ4v) is 3.12. The molecule has 2 heterocycles. The number of benzene rings is 1. The number of hydrogen-bond donors (Lipinski definition) is 0. The zero-order chi connectivity index (χ0) is 19.0. The molecule has 9 heteroatoms. The minimum Gasteiger partial charge on any atom is -0.311 e. The van der Waals surface area contributed by atoms with Gasteiger partial charge in [-0.3, -0.25) is 23.3 Å². The molecule has 0 radical (unpaired) electrons. The first-order valence-corrected chi connectivity index (χ1v) is 8.41. The van der Waals surface area contributed by atoms with Gasteiger partial charge in [0.15, 0.2) is 11.2 Å². The molecule has 1 amide bonds. The minimum atomic E-state index is -0.543. The summed E-state index contributed by atoms with van der Waals surface area (Å²) in [5.74, 6) is -0.240. The molecule has 0 fully saturated rings. The Morgan fingerprint density at radius 3 is 2.42 bits per heavy atom. The molecule has 0 aliphatic rings. The number of nitrogens with zero attached hydrogens (tertiary/aromatic N) is 5. The Hall–Kier alpha value is -2.87. The van der Waals surface area contributed by atoms with E-state index in [4.69, 9.17) is 11.6 Å². The second-order valence-electron chi connectivity index (χ2n) is 5.82. The normalized spacial score (nSPS) is 11.1. The van der Waals surface area contributed by atoms with Crippen LogP contribution in [-0.4, -0.2) is 31.1 Å². The number of rotatable bonds is 4. The topological polar surface area (TPSA) is 82.1 Å². The highest BCUT2D eigenvalue weighted by Crippen LogP contribution is 2.18. The van der Waals surface area contributed by atoms with Crippen molar-refractivity contribution < 1.29 is 4.79 Å². The molecule has 3 rings (SSSR count). The fourth-order valence-electron chi connectivity index (χ4n) is 2.90. The van der Waals surface area contributed by atoms with E-state index >= 15 is 0 Å². The van der Waals surface area contributed by atoms with Gasteiger partial charge in [-0.15, -0.1) is 0 Å². The number of carbonyl (C=O) groups is 1. The van der Waals surface area contributed by atoms with Crippen LogP contribution in [0.3, 0.4) is 0 Å². The number of likely N-dealkylation sites (N-methyl/N-ethyl adjacent to an activating group) is 1. The Bertz CT molecular complexity index is 1100. The lowest BCUT2D eigenvalue weighted by Gasteiger charge is -2.21. The lowest BCUT2D eigenvalue weighted by atomic mass is 10.3. The average Bonchev–Trinajstić information content (AvgIpc) is 2.96. The van der Waals surface area contributed by atoms with Crippen LogP contribution in [0.15, 0.2) is 39.9 Å². The standard InChI is InChI=1S/C17H18ClN5O3/c1-4-22(11-8-6-5-7-9-11)12(24)10-23-13-14(19-16(23)18)20(2)17(26)21(3)15(13)25/h5-9H,4,10H2,1-3H3. The second kappa shape index (κ2) is 6.80. The van der Waals surface area contributed by atoms with Crippen LogP contribution in [0.5, 0.6) is 0 Å². The number of para-hydroxylation sites is 1. The van der Waals surface area contributed by atoms with Crippen molar-refractivity contribution in [3.05, 3.63) is 56.5 Å². The van der Waals surface area contributed by atoms with Crippen LogP contribution in [0, 0.1) is 0 Å². The maximum Gasteiger partial charge on any atom is 0.332 e. The molecule has 0 spiro atoms. The number of carbonyl (C=O) groups excluding carboxylic acids is 1. The van der Waals surface area contributed by atoms with Gasteiger partial charge in [-0.2, -0.15) is 4.98 Å². The third kappa shape index (κ3) is 2.82. The maximum atomic E-state index is 12.8. The van der Waals surface area contributed by atoms with Crippen molar-refractivity contribution in [1.29, 1.82) is 0 Å². The monoisotopic (exact) mass is 375 g/mol. The second-order valence-corrected chi connectivity index (χ2v) is 6.16. The number of amides is 1. The summed E-state index contributed by atoms with van der Waals surface area (Å²) in [6, 6.07) is 9.22. The number of hydrogen-bond acceptors (Lipinski definition) is 4. The van der Waals surface area contributed by atoms with Gasteiger partial charge in [0, 0.05) is 26.3 Å². The Balaban J connectivity index is 2.09. The molecule has 0 saturated carbocycles. The number of anilines is 1. The Kier molecular flexibility index (Phi) is 4.69. The van der Waals surface area contributed by atoms with E-state index < -0.39 is 11.2 Å². The number of imidazole rings is 1. The molecule has 26 heavy (non-hydrogen) atoms. The summed E-state index contributed by atoms with van der Waals surface area (Å²) in [4.78, 5) is 43.1. The molecular weight excluding hydrogens is 358 g/mol. The SMILES string of the molecule is CCN(C(=O)Cn1c(Cl)nc2c1c(=O)n(C)c(=O)n2C)c1ccccc1. The highest BCUT2D eigenvalue weighted by molar-refractivity contribution is 6.29. The number of aromatic nitrogens is 4. The quantitative estimate of drug-likeness (QED) is 0.640. The Morgan fingerprint density at radius 1 is 1.15 bits per heavy atom. The van der Waals surface area contributed by atoms with Gasteiger partial charge >= 0.3 is 5.69 Å². The summed E-state index contributed by atoms with van der Waals surface area (Å²) in [6.45, 7) is 2.16. The van der Waals surface area contributed by atoms with Crippen LogP contribution in [-0.2, 0) is 25.4 Å². The lowest BCUT2D eigenvalue weighted by Crippen LogP contribution is -2.38. The van der Waals surface area contributed by atoms with E-state index in [1.807, 2.05) is 37.3 Å². The Labute approximate surface area is 153 Å². The molecule has 0 aliphatic carbocycles. The zero-order valence-electron chi connectivity index (χ0n) is 14.6. The summed E-state index contributed by atoms with van der Waals surface area (Å²) >= 11 is 6.17. The van der Waals surface area contributed by atoms with Crippen molar-refractivity contribution in [2.45, 2.75) is 13.5 Å². The summed E-state index contributed by atoms with van der Waals surface area (Å²) < 4.78 is 3.54. The summed E-state index contributed by atoms with van der Waals surface area (Å²) in [5, 5.41) is -0.0178. The van der Waals surface area contributed by atoms with Crippen LogP contribution in [0.25, 0.3) is 11.2 Å². The molecule has 0 unspecified atom stereocenters. The minimum absolute atomic E-state index is 0.0178. The summed E-state index contributed by atoms with van der Waals surface area (Å²) in [5.41, 5.74) is -0.0238. The van der Waals surface area contributed by atoms with Crippen molar-refractivity contribution in [2.24, 2.45) is 14.1 Å². The van der Waals surface area contributed by atoms with Crippen LogP contribution < -0.4 is 16.1 Å². The van der Waals surface area contributed by atoms with Crippen LogP contribution >= 0.6 is 11.6 Å². The van der Waals surface area contributed by atoms with Crippen molar-refractivity contribution >= 4 is 34.4 Å². The first-order chi connectivity index (χ1) is 12.4. The van der Waals surface area contributed by atoms with Crippen LogP contribution in [0.2, 0.25) is 5.28 Å². The van der Waals surface area contributed by atoms with Crippen LogP contribution in [0.4, 0.5) is 5.69 Å². The van der Waals surface area contributed by atoms with Gasteiger partial charge in [0.25, 0.3) is 5.56 Å². The van der Waals surface area contributed by atoms with E-state index in [0.717, 1.165) is 10.3 Å². The van der Waals surface area contributed by atoms with E-state index in [2.05, 4.69) is 4.98 Å². The van der Waals surface area contributed by atoms with Crippen molar-refractivity contribution in [1.82, 2.24) is 18.7 Å². The third-order valence-electron chi connectivity index (χ3n) is 4.28. The number of fused-ring (bicyclic) bond motifs is 1. The molecule has 0 N–H and O–H groups in total. The molecule has 8 nitrogen and oxygen atoms in total. The molecule has 0 atom stereocenters. The van der Waals surface area contributed by atoms with Crippen molar-refractivity contribution in [3.8, 4) is 0 Å². The van der Waals surface area contributed by atoms with E-state index in [1.165, 1.54) is 23.2 Å². The molecular formula is C17H18ClN5O3. The van der Waals surface area contributed by atoms with Gasteiger partial charge < -0.3 is 4.90 Å². The molecule has 2 aromatic heterocycles. The van der Waals surface area contributed by atoms with Gasteiger partial charge in [0.05, 0.1) is 0 Å². The van der Waals surface area contributed by atoms with Gasteiger partial charge in [0.1, 0.15) is 6.54 Å². The smallest absolute Gasteiger partial charge is 0.311 e. The molecule has 0 saturated heterocycles. The first-order valence-electron chi connectivity index (χ1n) is 8.04. The van der Waals surface area contributed by atoms with Crippen molar-refractivity contribution in [2.75, 3.05) is 11.4 Å². The van der Waals surface area contributed by atoms with Gasteiger partial charge in [-0.05, 0) is 30.7 Å². The predicted octanol–water partition coefficient (Wildman–Crippen LogP) is 1.14. The van der Waals surface area contributed by atoms with Crippen molar-refractivity contribution in [3.63, 3.8) is 0 Å². The molecule has 0 bridgehead atoms. The fraction of sp³-hybridized carbons (Fsp3) is 0.294. The highest BCUT2D eigenvalue weighted by atomic mass is 35.5. The molecule has 0 aliphatic heterocycles. The van der Waals surface area contributed by atoms with Crippen LogP contribution in [0.1, 0.15) is 6.92 Å². The largest absolute Gasteiger partial charge is 0.332 e. The summed E-state index contributed by atoms with van der Waals surface area (Å²) in [7, 11) is 2.88. The average molecular weight is 376 g/mol. The number of aryl methyl sites for hydroxylation is 1. The van der Waals surface area contributed by atoms with Gasteiger partial charge in [0.2, 0.25) is 11.2 Å². The molecule has 136 valence electrons. The highest BCUT2D eigenvalue weighted by Gasteiger charge is 2.22. The molecule has 1 aromatic carbocycles. The number of halogens is 1. The maximum absolute atomic E-state index is 12.8. The van der Waals surface area contributed by atoms with E-state index in [9.17, 15) is 14.4 Å². The van der Waals surface area contributed by atoms with E-state index in [0.29, 0.717) is 6.54 Å². The van der Waals surface area contributed by atoms with Gasteiger partial charge in [-0.25, -0.2) is 4.79 Å². The lowest BCUT2D eigenvalue weighted by molar-refractivity contribution is -0.119. The zero-order valence-corrected chi connectivity index (χ0v) is 15.4. The molecule has 3 aromatic rings. The third-order valence-corrected chi connectivity index (χ3v) is 4.57.